The minimum atomic E-state index is -0.334. The van der Waals surface area contributed by atoms with Crippen molar-refractivity contribution in [2.45, 2.75) is 39.0 Å². The third-order valence-electron chi connectivity index (χ3n) is 6.54. The van der Waals surface area contributed by atoms with Gasteiger partial charge in [-0.25, -0.2) is 4.79 Å². The Bertz CT molecular complexity index is 1220. The number of furan rings is 1. The average molecular weight is 506 g/mol. The molecule has 1 unspecified atom stereocenters. The first-order valence-corrected chi connectivity index (χ1v) is 12.5. The highest BCUT2D eigenvalue weighted by molar-refractivity contribution is 5.93. The standard InChI is InChI=1S/C28H31N3O6/c1-20-6-2-3-9-24(20)29-28(33)31(17-23-8-5-13-35-23)18-27(32)30(16-22-7-4-12-34-22)15-21-10-11-25-26(14-21)37-19-36-25/h2-4,6-7,9-12,14,23H,5,8,13,15-19H2,1H3,(H,29,33). The average Bonchev–Trinajstić information content (AvgIpc) is 3.68. The Morgan fingerprint density at radius 3 is 2.65 bits per heavy atom. The van der Waals surface area contributed by atoms with Gasteiger partial charge in [0.15, 0.2) is 11.5 Å². The molecule has 3 heterocycles. The van der Waals surface area contributed by atoms with Crippen LogP contribution in [0.3, 0.4) is 0 Å². The number of fused-ring (bicyclic) bond motifs is 1. The first-order valence-electron chi connectivity index (χ1n) is 12.5. The van der Waals surface area contributed by atoms with Gasteiger partial charge in [-0.3, -0.25) is 4.79 Å². The molecule has 1 saturated heterocycles. The van der Waals surface area contributed by atoms with Crippen molar-refractivity contribution in [3.8, 4) is 11.5 Å². The van der Waals surface area contributed by atoms with Crippen LogP contribution < -0.4 is 14.8 Å². The first-order chi connectivity index (χ1) is 18.0. The molecule has 0 spiro atoms. The Labute approximate surface area is 215 Å². The number of carbonyl (C=O) groups excluding carboxylic acids is 2. The molecule has 2 aliphatic heterocycles. The van der Waals surface area contributed by atoms with Crippen LogP contribution in [-0.2, 0) is 22.6 Å². The summed E-state index contributed by atoms with van der Waals surface area (Å²) in [6.07, 6.45) is 3.29. The van der Waals surface area contributed by atoms with E-state index in [1.807, 2.05) is 55.5 Å². The number of benzene rings is 2. The molecule has 3 amide bonds. The van der Waals surface area contributed by atoms with E-state index >= 15 is 0 Å². The predicted molar refractivity (Wildman–Crippen MR) is 136 cm³/mol. The zero-order chi connectivity index (χ0) is 25.6. The van der Waals surface area contributed by atoms with Gasteiger partial charge in [0.1, 0.15) is 12.3 Å². The molecule has 0 radical (unpaired) electrons. The second-order valence-corrected chi connectivity index (χ2v) is 9.28. The fraction of sp³-hybridized carbons (Fsp3) is 0.357. The molecule has 1 fully saturated rings. The topological polar surface area (TPSA) is 93.5 Å². The van der Waals surface area contributed by atoms with Crippen molar-refractivity contribution in [3.63, 3.8) is 0 Å². The summed E-state index contributed by atoms with van der Waals surface area (Å²) in [5.41, 5.74) is 2.55. The number of hydrogen-bond acceptors (Lipinski definition) is 6. The summed E-state index contributed by atoms with van der Waals surface area (Å²) in [7, 11) is 0. The summed E-state index contributed by atoms with van der Waals surface area (Å²) < 4.78 is 22.2. The predicted octanol–water partition coefficient (Wildman–Crippen LogP) is 4.56. The van der Waals surface area contributed by atoms with Crippen LogP contribution in [-0.4, -0.2) is 54.3 Å². The molecule has 2 aromatic carbocycles. The molecule has 9 heteroatoms. The molecule has 0 bridgehead atoms. The number of rotatable bonds is 9. The number of para-hydroxylation sites is 1. The molecule has 37 heavy (non-hydrogen) atoms. The number of amides is 3. The molecule has 5 rings (SSSR count). The largest absolute Gasteiger partial charge is 0.467 e. The lowest BCUT2D eigenvalue weighted by molar-refractivity contribution is -0.133. The Hall–Kier alpha value is -3.98. The molecule has 194 valence electrons. The van der Waals surface area contributed by atoms with Crippen LogP contribution in [0.2, 0.25) is 0 Å². The number of hydrogen-bond donors (Lipinski definition) is 1. The van der Waals surface area contributed by atoms with E-state index in [-0.39, 0.29) is 37.9 Å². The van der Waals surface area contributed by atoms with Gasteiger partial charge in [0, 0.05) is 25.4 Å². The summed E-state index contributed by atoms with van der Waals surface area (Å²) in [5, 5.41) is 2.96. The molecule has 1 atom stereocenters. The third-order valence-corrected chi connectivity index (χ3v) is 6.54. The van der Waals surface area contributed by atoms with E-state index in [1.54, 1.807) is 22.1 Å². The van der Waals surface area contributed by atoms with Crippen molar-refractivity contribution in [1.29, 1.82) is 0 Å². The zero-order valence-electron chi connectivity index (χ0n) is 20.9. The van der Waals surface area contributed by atoms with E-state index in [4.69, 9.17) is 18.6 Å². The van der Waals surface area contributed by atoms with Crippen molar-refractivity contribution in [2.75, 3.05) is 31.8 Å². The maximum atomic E-state index is 13.7. The summed E-state index contributed by atoms with van der Waals surface area (Å²) >= 11 is 0. The molecular formula is C28H31N3O6. The number of ether oxygens (including phenoxy) is 3. The van der Waals surface area contributed by atoms with Crippen molar-refractivity contribution < 1.29 is 28.2 Å². The van der Waals surface area contributed by atoms with E-state index in [0.29, 0.717) is 42.6 Å². The normalized spacial score (nSPS) is 16.0. The highest BCUT2D eigenvalue weighted by atomic mass is 16.7. The summed E-state index contributed by atoms with van der Waals surface area (Å²) in [4.78, 5) is 30.3. The van der Waals surface area contributed by atoms with Crippen molar-refractivity contribution >= 4 is 17.6 Å². The summed E-state index contributed by atoms with van der Waals surface area (Å²) in [6, 6.07) is 16.5. The smallest absolute Gasteiger partial charge is 0.322 e. The first kappa shape index (κ1) is 24.7. The zero-order valence-corrected chi connectivity index (χ0v) is 20.9. The van der Waals surface area contributed by atoms with Crippen LogP contribution in [0.15, 0.2) is 65.3 Å². The lowest BCUT2D eigenvalue weighted by Gasteiger charge is -2.29. The SMILES string of the molecule is Cc1ccccc1NC(=O)N(CC(=O)N(Cc1ccc2c(c1)OCO2)Cc1ccco1)CC1CCCO1. The number of nitrogens with zero attached hydrogens (tertiary/aromatic N) is 2. The van der Waals surface area contributed by atoms with Crippen LogP contribution in [0.4, 0.5) is 10.5 Å². The van der Waals surface area contributed by atoms with Crippen LogP contribution in [0, 0.1) is 6.92 Å². The molecular weight excluding hydrogens is 474 g/mol. The quantitative estimate of drug-likeness (QED) is 0.458. The Morgan fingerprint density at radius 1 is 1.00 bits per heavy atom. The molecule has 2 aliphatic rings. The third kappa shape index (κ3) is 6.24. The monoisotopic (exact) mass is 505 g/mol. The summed E-state index contributed by atoms with van der Waals surface area (Å²) in [5.74, 6) is 1.79. The van der Waals surface area contributed by atoms with Gasteiger partial charge >= 0.3 is 6.03 Å². The van der Waals surface area contributed by atoms with E-state index in [2.05, 4.69) is 5.32 Å². The molecule has 0 saturated carbocycles. The van der Waals surface area contributed by atoms with Crippen molar-refractivity contribution in [2.24, 2.45) is 0 Å². The maximum Gasteiger partial charge on any atom is 0.322 e. The number of aryl methyl sites for hydroxylation is 1. The summed E-state index contributed by atoms with van der Waals surface area (Å²) in [6.45, 7) is 3.62. The van der Waals surface area contributed by atoms with E-state index < -0.39 is 0 Å². The van der Waals surface area contributed by atoms with Crippen LogP contribution in [0.1, 0.15) is 29.7 Å². The highest BCUT2D eigenvalue weighted by Gasteiger charge is 2.27. The minimum Gasteiger partial charge on any atom is -0.467 e. The van der Waals surface area contributed by atoms with Gasteiger partial charge in [0.05, 0.1) is 18.9 Å². The molecule has 0 aliphatic carbocycles. The molecule has 9 nitrogen and oxygen atoms in total. The van der Waals surface area contributed by atoms with Crippen LogP contribution in [0.5, 0.6) is 11.5 Å². The maximum absolute atomic E-state index is 13.7. The van der Waals surface area contributed by atoms with Gasteiger partial charge in [-0.15, -0.1) is 0 Å². The van der Waals surface area contributed by atoms with Crippen molar-refractivity contribution in [1.82, 2.24) is 9.80 Å². The second kappa shape index (κ2) is 11.4. The Balaban J connectivity index is 1.34. The molecule has 1 N–H and O–H groups in total. The fourth-order valence-corrected chi connectivity index (χ4v) is 4.51. The van der Waals surface area contributed by atoms with Gasteiger partial charge in [0.2, 0.25) is 12.7 Å². The van der Waals surface area contributed by atoms with Crippen LogP contribution in [0.25, 0.3) is 0 Å². The lowest BCUT2D eigenvalue weighted by atomic mass is 10.1. The number of nitrogens with one attached hydrogen (secondary N) is 1. The van der Waals surface area contributed by atoms with E-state index in [0.717, 1.165) is 24.0 Å². The van der Waals surface area contributed by atoms with Crippen LogP contribution >= 0.6 is 0 Å². The number of carbonyl (C=O) groups is 2. The number of urea groups is 1. The van der Waals surface area contributed by atoms with Gasteiger partial charge in [0.25, 0.3) is 0 Å². The van der Waals surface area contributed by atoms with Gasteiger partial charge in [-0.1, -0.05) is 24.3 Å². The van der Waals surface area contributed by atoms with Gasteiger partial charge in [-0.2, -0.15) is 0 Å². The van der Waals surface area contributed by atoms with E-state index in [1.165, 1.54) is 0 Å². The minimum absolute atomic E-state index is 0.0944. The van der Waals surface area contributed by atoms with Gasteiger partial charge < -0.3 is 33.7 Å². The van der Waals surface area contributed by atoms with Gasteiger partial charge in [-0.05, 0) is 61.2 Å². The highest BCUT2D eigenvalue weighted by Crippen LogP contribution is 2.33. The second-order valence-electron chi connectivity index (χ2n) is 9.28. The number of anilines is 1. The lowest BCUT2D eigenvalue weighted by Crippen LogP contribution is -2.46. The molecule has 3 aromatic rings. The van der Waals surface area contributed by atoms with Crippen molar-refractivity contribution in [3.05, 3.63) is 77.7 Å². The Morgan fingerprint density at radius 2 is 1.86 bits per heavy atom. The van der Waals surface area contributed by atoms with E-state index in [9.17, 15) is 9.59 Å². The fourth-order valence-electron chi connectivity index (χ4n) is 4.51. The Kier molecular flexibility index (Phi) is 7.60. The molecule has 1 aromatic heterocycles.